The fourth-order valence-electron chi connectivity index (χ4n) is 3.74. The van der Waals surface area contributed by atoms with Gasteiger partial charge in [0.25, 0.3) is 5.91 Å². The van der Waals surface area contributed by atoms with Gasteiger partial charge in [0.2, 0.25) is 0 Å². The number of rotatable bonds is 6. The van der Waals surface area contributed by atoms with Crippen LogP contribution in [0.1, 0.15) is 20.8 Å². The third-order valence-electron chi connectivity index (χ3n) is 5.37. The van der Waals surface area contributed by atoms with E-state index < -0.39 is 0 Å². The van der Waals surface area contributed by atoms with Gasteiger partial charge in [-0.05, 0) is 17.2 Å². The summed E-state index contributed by atoms with van der Waals surface area (Å²) in [6, 6.07) is 27.9. The first kappa shape index (κ1) is 20.0. The van der Waals surface area contributed by atoms with Crippen LogP contribution in [0.2, 0.25) is 0 Å². The van der Waals surface area contributed by atoms with E-state index in [1.807, 2.05) is 72.8 Å². The minimum absolute atomic E-state index is 0.175. The highest BCUT2D eigenvalue weighted by molar-refractivity contribution is 7.22. The largest absolute Gasteiger partial charge is 0.397 e. The zero-order valence-corrected chi connectivity index (χ0v) is 18.2. The average molecular weight is 439 g/mol. The molecule has 5 aromatic rings. The third-order valence-corrected chi connectivity index (χ3v) is 6.61. The normalized spacial score (nSPS) is 11.0. The van der Waals surface area contributed by atoms with E-state index in [1.54, 1.807) is 0 Å². The molecule has 5 rings (SSSR count). The van der Waals surface area contributed by atoms with Crippen LogP contribution < -0.4 is 16.4 Å². The molecule has 5 nitrogen and oxygen atoms in total. The molecule has 158 valence electrons. The molecule has 0 spiro atoms. The van der Waals surface area contributed by atoms with E-state index in [4.69, 9.17) is 10.7 Å². The lowest BCUT2D eigenvalue weighted by Gasteiger charge is -2.10. The van der Waals surface area contributed by atoms with Crippen LogP contribution in [0.3, 0.4) is 0 Å². The lowest BCUT2D eigenvalue weighted by Crippen LogP contribution is -2.22. The second kappa shape index (κ2) is 8.69. The number of hydrogen-bond donors (Lipinski definition) is 3. The molecule has 0 saturated heterocycles. The molecule has 3 aromatic carbocycles. The summed E-state index contributed by atoms with van der Waals surface area (Å²) in [6.07, 6.45) is 0. The van der Waals surface area contributed by atoms with Gasteiger partial charge in [0.05, 0.1) is 21.3 Å². The van der Waals surface area contributed by atoms with Crippen LogP contribution in [-0.2, 0) is 13.1 Å². The summed E-state index contributed by atoms with van der Waals surface area (Å²) in [5, 5.41) is 8.22. The molecule has 0 bridgehead atoms. The maximum absolute atomic E-state index is 13.0. The molecule has 2 heterocycles. The number of nitrogens with two attached hydrogens (primary N) is 1. The van der Waals surface area contributed by atoms with Crippen molar-refractivity contribution in [2.45, 2.75) is 13.1 Å². The lowest BCUT2D eigenvalue weighted by atomic mass is 10.1. The van der Waals surface area contributed by atoms with Gasteiger partial charge in [0.1, 0.15) is 10.7 Å². The maximum Gasteiger partial charge on any atom is 0.263 e. The number of aromatic nitrogens is 1. The van der Waals surface area contributed by atoms with Crippen LogP contribution in [0.4, 0.5) is 11.5 Å². The smallest absolute Gasteiger partial charge is 0.263 e. The third kappa shape index (κ3) is 3.88. The molecule has 0 atom stereocenters. The number of nitrogen functional groups attached to an aromatic ring is 1. The molecule has 0 unspecified atom stereocenters. The average Bonchev–Trinajstić information content (AvgIpc) is 3.20. The van der Waals surface area contributed by atoms with Gasteiger partial charge in [-0.15, -0.1) is 11.3 Å². The molecule has 4 N–H and O–H groups in total. The van der Waals surface area contributed by atoms with E-state index in [0.29, 0.717) is 29.5 Å². The number of pyridine rings is 1. The highest BCUT2D eigenvalue weighted by Crippen LogP contribution is 2.41. The molecule has 0 fully saturated rings. The lowest BCUT2D eigenvalue weighted by molar-refractivity contribution is 0.0956. The molecule has 2 aromatic heterocycles. The zero-order chi connectivity index (χ0) is 21.9. The minimum atomic E-state index is -0.175. The molecule has 32 heavy (non-hydrogen) atoms. The summed E-state index contributed by atoms with van der Waals surface area (Å²) in [5.41, 5.74) is 10.1. The Balaban J connectivity index is 1.53. The molecule has 6 heteroatoms. The summed E-state index contributed by atoms with van der Waals surface area (Å²) in [5.74, 6) is 0.518. The summed E-state index contributed by atoms with van der Waals surface area (Å²) in [4.78, 5) is 18.4. The summed E-state index contributed by atoms with van der Waals surface area (Å²) >= 11 is 1.42. The van der Waals surface area contributed by atoms with Crippen LogP contribution in [0, 0.1) is 0 Å². The summed E-state index contributed by atoms with van der Waals surface area (Å²) in [7, 11) is 0. The van der Waals surface area contributed by atoms with Gasteiger partial charge in [-0.2, -0.15) is 0 Å². The molecule has 0 aliphatic carbocycles. The fraction of sp³-hybridized carbons (Fsp3) is 0.0769. The topological polar surface area (TPSA) is 80.0 Å². The number of nitrogens with zero attached hydrogens (tertiary/aromatic N) is 1. The Morgan fingerprint density at radius 2 is 1.47 bits per heavy atom. The van der Waals surface area contributed by atoms with Crippen molar-refractivity contribution in [2.75, 3.05) is 11.1 Å². The molecule has 0 aliphatic rings. The van der Waals surface area contributed by atoms with Crippen LogP contribution in [0.5, 0.6) is 0 Å². The number of anilines is 2. The first-order chi connectivity index (χ1) is 15.7. The number of benzene rings is 3. The fourth-order valence-corrected chi connectivity index (χ4v) is 4.92. The van der Waals surface area contributed by atoms with E-state index in [-0.39, 0.29) is 5.91 Å². The van der Waals surface area contributed by atoms with Crippen molar-refractivity contribution in [1.29, 1.82) is 0 Å². The van der Waals surface area contributed by atoms with E-state index in [1.165, 1.54) is 11.3 Å². The van der Waals surface area contributed by atoms with Gasteiger partial charge in [-0.1, -0.05) is 78.9 Å². The second-order valence-electron chi connectivity index (χ2n) is 7.53. The Bertz CT molecular complexity index is 1400. The van der Waals surface area contributed by atoms with Crippen molar-refractivity contribution in [3.05, 3.63) is 101 Å². The van der Waals surface area contributed by atoms with Crippen LogP contribution >= 0.6 is 11.3 Å². The maximum atomic E-state index is 13.0. The highest BCUT2D eigenvalue weighted by atomic mass is 32.1. The van der Waals surface area contributed by atoms with Crippen molar-refractivity contribution >= 4 is 49.7 Å². The predicted octanol–water partition coefficient (Wildman–Crippen LogP) is 5.57. The number of carbonyl (C=O) groups is 1. The van der Waals surface area contributed by atoms with Crippen LogP contribution in [0.25, 0.3) is 21.0 Å². The van der Waals surface area contributed by atoms with Gasteiger partial charge in [0.15, 0.2) is 0 Å². The van der Waals surface area contributed by atoms with Crippen molar-refractivity contribution < 1.29 is 4.79 Å². The number of nitrogens with one attached hydrogen (secondary N) is 2. The number of carbonyl (C=O) groups excluding carboxylic acids is 1. The SMILES string of the molecule is Nc1c(C(=O)NCc2ccccc2)sc2c1c(NCc1ccccc1)nc1ccccc12. The number of thiophene rings is 1. The Labute approximate surface area is 189 Å². The Morgan fingerprint density at radius 1 is 0.844 bits per heavy atom. The van der Waals surface area contributed by atoms with Gasteiger partial charge in [-0.3, -0.25) is 4.79 Å². The molecular weight excluding hydrogens is 416 g/mol. The van der Waals surface area contributed by atoms with Crippen molar-refractivity contribution in [3.8, 4) is 0 Å². The quantitative estimate of drug-likeness (QED) is 0.324. The predicted molar refractivity (Wildman–Crippen MR) is 133 cm³/mol. The van der Waals surface area contributed by atoms with E-state index in [0.717, 1.165) is 32.1 Å². The molecular formula is C26H22N4OS. The standard InChI is InChI=1S/C26H22N4OS/c27-22-21-23(32-24(22)26(31)29-16-18-11-5-2-6-12-18)19-13-7-8-14-20(19)30-25(21)28-15-17-9-3-1-4-10-17/h1-14H,15-16,27H2,(H,28,30)(H,29,31). The van der Waals surface area contributed by atoms with Crippen molar-refractivity contribution in [2.24, 2.45) is 0 Å². The van der Waals surface area contributed by atoms with Gasteiger partial charge in [-0.25, -0.2) is 4.98 Å². The van der Waals surface area contributed by atoms with Crippen molar-refractivity contribution in [1.82, 2.24) is 10.3 Å². The van der Waals surface area contributed by atoms with E-state index in [9.17, 15) is 4.79 Å². The minimum Gasteiger partial charge on any atom is -0.397 e. The molecule has 0 radical (unpaired) electrons. The molecule has 1 amide bonds. The van der Waals surface area contributed by atoms with Gasteiger partial charge in [0, 0.05) is 18.5 Å². The number of amides is 1. The monoisotopic (exact) mass is 438 g/mol. The van der Waals surface area contributed by atoms with Gasteiger partial charge >= 0.3 is 0 Å². The number of fused-ring (bicyclic) bond motifs is 3. The number of para-hydroxylation sites is 1. The summed E-state index contributed by atoms with van der Waals surface area (Å²) < 4.78 is 0.966. The second-order valence-corrected chi connectivity index (χ2v) is 8.55. The first-order valence-corrected chi connectivity index (χ1v) is 11.2. The van der Waals surface area contributed by atoms with E-state index >= 15 is 0 Å². The zero-order valence-electron chi connectivity index (χ0n) is 17.3. The van der Waals surface area contributed by atoms with Gasteiger partial charge < -0.3 is 16.4 Å². The summed E-state index contributed by atoms with van der Waals surface area (Å²) in [6.45, 7) is 1.07. The molecule has 0 saturated carbocycles. The Hall–Kier alpha value is -3.90. The Kier molecular flexibility index (Phi) is 5.44. The number of hydrogen-bond acceptors (Lipinski definition) is 5. The van der Waals surface area contributed by atoms with E-state index in [2.05, 4.69) is 22.8 Å². The van der Waals surface area contributed by atoms with Crippen LogP contribution in [0.15, 0.2) is 84.9 Å². The molecule has 0 aliphatic heterocycles. The first-order valence-electron chi connectivity index (χ1n) is 10.4. The highest BCUT2D eigenvalue weighted by Gasteiger charge is 2.21. The van der Waals surface area contributed by atoms with Crippen LogP contribution in [-0.4, -0.2) is 10.9 Å². The van der Waals surface area contributed by atoms with Crippen molar-refractivity contribution in [3.63, 3.8) is 0 Å². The Morgan fingerprint density at radius 3 is 2.19 bits per heavy atom.